The first kappa shape index (κ1) is 18.3. The number of aromatic nitrogens is 4. The third-order valence-electron chi connectivity index (χ3n) is 4.90. The van der Waals surface area contributed by atoms with Crippen molar-refractivity contribution < 1.29 is 9.90 Å². The Morgan fingerprint density at radius 2 is 2.08 bits per heavy atom. The molecule has 26 heavy (non-hydrogen) atoms. The lowest BCUT2D eigenvalue weighted by atomic mass is 9.88. The van der Waals surface area contributed by atoms with E-state index in [1.807, 2.05) is 35.2 Å². The number of benzene rings is 1. The normalized spacial score (nSPS) is 16.4. The molecule has 3 N–H and O–H groups in total. The van der Waals surface area contributed by atoms with Gasteiger partial charge in [0.15, 0.2) is 5.82 Å². The fraction of sp³-hybridized carbons (Fsp3) is 0.556. The lowest BCUT2D eigenvalue weighted by Gasteiger charge is -2.34. The summed E-state index contributed by atoms with van der Waals surface area (Å²) in [6.07, 6.45) is 3.46. The first-order valence-corrected chi connectivity index (χ1v) is 9.19. The number of hydrogen-bond donors (Lipinski definition) is 3. The summed E-state index contributed by atoms with van der Waals surface area (Å²) in [7, 11) is 0. The van der Waals surface area contributed by atoms with Gasteiger partial charge in [0.05, 0.1) is 6.10 Å². The highest BCUT2D eigenvalue weighted by Gasteiger charge is 2.27. The van der Waals surface area contributed by atoms with E-state index in [-0.39, 0.29) is 18.1 Å². The monoisotopic (exact) mass is 358 g/mol. The summed E-state index contributed by atoms with van der Waals surface area (Å²) in [5.41, 5.74) is 1.15. The van der Waals surface area contributed by atoms with Gasteiger partial charge < -0.3 is 15.3 Å². The fourth-order valence-corrected chi connectivity index (χ4v) is 3.35. The van der Waals surface area contributed by atoms with Crippen molar-refractivity contribution in [3.63, 3.8) is 0 Å². The number of hydrogen-bond acceptors (Lipinski definition) is 5. The molecule has 1 aromatic carbocycles. The van der Waals surface area contributed by atoms with Gasteiger partial charge in [0.25, 0.3) is 0 Å². The van der Waals surface area contributed by atoms with E-state index in [4.69, 9.17) is 0 Å². The van der Waals surface area contributed by atoms with E-state index in [1.54, 1.807) is 0 Å². The number of aryl methyl sites for hydroxylation is 1. The molecule has 3 rings (SSSR count). The molecule has 8 nitrogen and oxygen atoms in total. The van der Waals surface area contributed by atoms with Crippen molar-refractivity contribution in [3.8, 4) is 0 Å². The zero-order valence-electron chi connectivity index (χ0n) is 14.8. The molecular formula is C18H26N6O2. The van der Waals surface area contributed by atoms with Crippen LogP contribution in [-0.2, 0) is 12.8 Å². The average molecular weight is 358 g/mol. The van der Waals surface area contributed by atoms with Gasteiger partial charge >= 0.3 is 6.03 Å². The van der Waals surface area contributed by atoms with Crippen molar-refractivity contribution >= 4 is 6.03 Å². The highest BCUT2D eigenvalue weighted by Crippen LogP contribution is 2.23. The molecule has 2 aromatic rings. The number of carbonyl (C=O) groups excluding carboxylic acids is 1. The number of nitrogens with one attached hydrogen (secondary N) is 2. The second-order valence-electron chi connectivity index (χ2n) is 6.75. The largest absolute Gasteiger partial charge is 0.392 e. The Hall–Kier alpha value is -2.48. The van der Waals surface area contributed by atoms with Crippen LogP contribution in [0.25, 0.3) is 0 Å². The number of urea groups is 1. The third kappa shape index (κ3) is 5.26. The van der Waals surface area contributed by atoms with Crippen LogP contribution in [0.5, 0.6) is 0 Å². The molecule has 140 valence electrons. The molecule has 1 aliphatic rings. The molecular weight excluding hydrogens is 332 g/mol. The summed E-state index contributed by atoms with van der Waals surface area (Å²) in [5, 5.41) is 27.1. The molecule has 8 heteroatoms. The minimum atomic E-state index is -0.349. The van der Waals surface area contributed by atoms with E-state index in [9.17, 15) is 9.90 Å². The SMILES string of the molecule is O=C(NCCCc1nn[nH]n1)N1CCC([C@H](O)Cc2ccccc2)CC1. The first-order chi connectivity index (χ1) is 12.7. The number of carbonyl (C=O) groups is 1. The molecule has 2 heterocycles. The Balaban J connectivity index is 1.34. The quantitative estimate of drug-likeness (QED) is 0.644. The van der Waals surface area contributed by atoms with Crippen LogP contribution in [-0.4, -0.2) is 62.4 Å². The number of aliphatic hydroxyl groups is 1. The average Bonchev–Trinajstić information content (AvgIpc) is 3.19. The molecule has 0 saturated carbocycles. The maximum Gasteiger partial charge on any atom is 0.317 e. The second-order valence-corrected chi connectivity index (χ2v) is 6.75. The summed E-state index contributed by atoms with van der Waals surface area (Å²) in [6, 6.07) is 10.0. The van der Waals surface area contributed by atoms with Crippen LogP contribution in [0.15, 0.2) is 30.3 Å². The molecule has 2 amide bonds. The van der Waals surface area contributed by atoms with E-state index in [0.29, 0.717) is 38.3 Å². The van der Waals surface area contributed by atoms with Gasteiger partial charge in [0.1, 0.15) is 0 Å². The van der Waals surface area contributed by atoms with Crippen molar-refractivity contribution in [1.29, 1.82) is 0 Å². The van der Waals surface area contributed by atoms with Gasteiger partial charge in [-0.2, -0.15) is 5.21 Å². The number of aromatic amines is 1. The Bertz CT molecular complexity index is 656. The smallest absolute Gasteiger partial charge is 0.317 e. The number of tetrazole rings is 1. The van der Waals surface area contributed by atoms with Crippen molar-refractivity contribution in [1.82, 2.24) is 30.8 Å². The van der Waals surface area contributed by atoms with Gasteiger partial charge in [-0.3, -0.25) is 0 Å². The van der Waals surface area contributed by atoms with E-state index < -0.39 is 0 Å². The lowest BCUT2D eigenvalue weighted by Crippen LogP contribution is -2.46. The number of amides is 2. The maximum absolute atomic E-state index is 12.2. The number of nitrogens with zero attached hydrogens (tertiary/aromatic N) is 4. The number of likely N-dealkylation sites (tertiary alicyclic amines) is 1. The van der Waals surface area contributed by atoms with Crippen molar-refractivity contribution in [3.05, 3.63) is 41.7 Å². The number of piperidine rings is 1. The minimum Gasteiger partial charge on any atom is -0.392 e. The first-order valence-electron chi connectivity index (χ1n) is 9.19. The van der Waals surface area contributed by atoms with Crippen LogP contribution in [0.4, 0.5) is 4.79 Å². The van der Waals surface area contributed by atoms with Crippen LogP contribution >= 0.6 is 0 Å². The molecule has 1 fully saturated rings. The summed E-state index contributed by atoms with van der Waals surface area (Å²) in [4.78, 5) is 14.1. The van der Waals surface area contributed by atoms with Gasteiger partial charge in [-0.1, -0.05) is 35.5 Å². The highest BCUT2D eigenvalue weighted by atomic mass is 16.3. The van der Waals surface area contributed by atoms with Gasteiger partial charge in [-0.25, -0.2) is 4.79 Å². The number of aliphatic hydroxyl groups excluding tert-OH is 1. The van der Waals surface area contributed by atoms with Crippen molar-refractivity contribution in [2.24, 2.45) is 5.92 Å². The highest BCUT2D eigenvalue weighted by molar-refractivity contribution is 5.74. The van der Waals surface area contributed by atoms with E-state index >= 15 is 0 Å². The van der Waals surface area contributed by atoms with E-state index in [0.717, 1.165) is 24.8 Å². The van der Waals surface area contributed by atoms with Gasteiger partial charge in [-0.05, 0) is 37.2 Å². The molecule has 1 aromatic heterocycles. The Morgan fingerprint density at radius 3 is 2.77 bits per heavy atom. The van der Waals surface area contributed by atoms with Crippen molar-refractivity contribution in [2.75, 3.05) is 19.6 Å². The predicted molar refractivity (Wildman–Crippen MR) is 96.3 cm³/mol. The minimum absolute atomic E-state index is 0.0332. The number of rotatable bonds is 7. The molecule has 0 unspecified atom stereocenters. The third-order valence-corrected chi connectivity index (χ3v) is 4.90. The van der Waals surface area contributed by atoms with Gasteiger partial charge in [0.2, 0.25) is 0 Å². The molecule has 1 saturated heterocycles. The van der Waals surface area contributed by atoms with Crippen LogP contribution in [0.2, 0.25) is 0 Å². The van der Waals surface area contributed by atoms with Crippen LogP contribution in [0, 0.1) is 5.92 Å². The fourth-order valence-electron chi connectivity index (χ4n) is 3.35. The predicted octanol–water partition coefficient (Wildman–Crippen LogP) is 1.16. The van der Waals surface area contributed by atoms with Crippen molar-refractivity contribution in [2.45, 2.75) is 38.2 Å². The van der Waals surface area contributed by atoms with Crippen LogP contribution in [0.1, 0.15) is 30.7 Å². The van der Waals surface area contributed by atoms with E-state index in [2.05, 4.69) is 25.9 Å². The standard InChI is InChI=1S/C18H26N6O2/c25-16(13-14-5-2-1-3-6-14)15-8-11-24(12-9-15)18(26)19-10-4-7-17-20-22-23-21-17/h1-3,5-6,15-16,25H,4,7-13H2,(H,19,26)(H,20,21,22,23)/t16-/m1/s1. The molecule has 1 aliphatic heterocycles. The summed E-state index contributed by atoms with van der Waals surface area (Å²) in [5.74, 6) is 0.907. The zero-order valence-corrected chi connectivity index (χ0v) is 14.8. The topological polar surface area (TPSA) is 107 Å². The molecule has 0 aliphatic carbocycles. The van der Waals surface area contributed by atoms with Gasteiger partial charge in [-0.15, -0.1) is 10.2 Å². The molecule has 1 atom stereocenters. The molecule has 0 spiro atoms. The van der Waals surface area contributed by atoms with E-state index in [1.165, 1.54) is 0 Å². The van der Waals surface area contributed by atoms with Gasteiger partial charge in [0, 0.05) is 26.1 Å². The Kier molecular flexibility index (Phi) is 6.54. The van der Waals surface area contributed by atoms with Crippen LogP contribution < -0.4 is 5.32 Å². The summed E-state index contributed by atoms with van der Waals surface area (Å²) in [6.45, 7) is 1.96. The molecule has 0 radical (unpaired) electrons. The summed E-state index contributed by atoms with van der Waals surface area (Å²) < 4.78 is 0. The Labute approximate surface area is 153 Å². The maximum atomic E-state index is 12.2. The Morgan fingerprint density at radius 1 is 1.31 bits per heavy atom. The van der Waals surface area contributed by atoms with Crippen LogP contribution in [0.3, 0.4) is 0 Å². The zero-order chi connectivity index (χ0) is 18.2. The lowest BCUT2D eigenvalue weighted by molar-refractivity contribution is 0.0672. The summed E-state index contributed by atoms with van der Waals surface area (Å²) >= 11 is 0. The molecule has 0 bridgehead atoms. The number of H-pyrrole nitrogens is 1. The second kappa shape index (κ2) is 9.28.